The number of nitrogens with zero attached hydrogens (tertiary/aromatic N) is 3. The molecule has 5 heteroatoms. The summed E-state index contributed by atoms with van der Waals surface area (Å²) in [5.41, 5.74) is 1.56. The van der Waals surface area contributed by atoms with Gasteiger partial charge in [-0.2, -0.15) is 10.4 Å². The van der Waals surface area contributed by atoms with Crippen molar-refractivity contribution in [3.63, 3.8) is 0 Å². The summed E-state index contributed by atoms with van der Waals surface area (Å²) in [6, 6.07) is 7.62. The average Bonchev–Trinajstić information content (AvgIpc) is 2.65. The third kappa shape index (κ3) is 2.21. The summed E-state index contributed by atoms with van der Waals surface area (Å²) in [5.74, 6) is 0. The molecule has 0 spiro atoms. The van der Waals surface area contributed by atoms with Crippen LogP contribution in [0.1, 0.15) is 5.56 Å². The van der Waals surface area contributed by atoms with Gasteiger partial charge in [-0.25, -0.2) is 4.68 Å². The fourth-order valence-corrected chi connectivity index (χ4v) is 2.02. The van der Waals surface area contributed by atoms with Gasteiger partial charge >= 0.3 is 0 Å². The van der Waals surface area contributed by atoms with E-state index in [-0.39, 0.29) is 0 Å². The van der Waals surface area contributed by atoms with E-state index in [4.69, 9.17) is 5.26 Å². The summed E-state index contributed by atoms with van der Waals surface area (Å²) >= 11 is 5.55. The van der Waals surface area contributed by atoms with E-state index in [1.54, 1.807) is 16.9 Å². The molecule has 0 unspecified atom stereocenters. The van der Waals surface area contributed by atoms with Gasteiger partial charge in [-0.3, -0.25) is 0 Å². The largest absolute Gasteiger partial charge is 0.240 e. The molecule has 1 aromatic carbocycles. The van der Waals surface area contributed by atoms with Crippen molar-refractivity contribution in [3.8, 4) is 11.8 Å². The van der Waals surface area contributed by atoms with Crippen molar-refractivity contribution in [3.05, 3.63) is 44.2 Å². The van der Waals surface area contributed by atoms with E-state index in [9.17, 15) is 0 Å². The smallest absolute Gasteiger partial charge is 0.100 e. The third-order valence-corrected chi connectivity index (χ3v) is 3.10. The van der Waals surface area contributed by atoms with E-state index in [0.29, 0.717) is 5.56 Å². The van der Waals surface area contributed by atoms with Gasteiger partial charge in [-0.15, -0.1) is 0 Å². The second-order valence-corrected chi connectivity index (χ2v) is 4.98. The van der Waals surface area contributed by atoms with Crippen LogP contribution in [-0.4, -0.2) is 9.78 Å². The number of aromatic nitrogens is 2. The monoisotopic (exact) mass is 373 g/mol. The highest BCUT2D eigenvalue weighted by atomic mass is 127. The molecule has 0 aliphatic heterocycles. The van der Waals surface area contributed by atoms with E-state index >= 15 is 0 Å². The first-order chi connectivity index (χ1) is 7.20. The zero-order chi connectivity index (χ0) is 10.8. The van der Waals surface area contributed by atoms with E-state index < -0.39 is 0 Å². The van der Waals surface area contributed by atoms with Crippen LogP contribution in [0, 0.1) is 14.9 Å². The lowest BCUT2D eigenvalue weighted by molar-refractivity contribution is 0.879. The summed E-state index contributed by atoms with van der Waals surface area (Å²) in [6.45, 7) is 0. The van der Waals surface area contributed by atoms with Crippen LogP contribution >= 0.6 is 38.5 Å². The molecule has 0 bridgehead atoms. The van der Waals surface area contributed by atoms with Crippen molar-refractivity contribution >= 4 is 38.5 Å². The van der Waals surface area contributed by atoms with Gasteiger partial charge in [-0.1, -0.05) is 0 Å². The minimum absolute atomic E-state index is 0.626. The van der Waals surface area contributed by atoms with Gasteiger partial charge < -0.3 is 0 Å². The minimum Gasteiger partial charge on any atom is -0.240 e. The van der Waals surface area contributed by atoms with E-state index in [2.05, 4.69) is 49.7 Å². The van der Waals surface area contributed by atoms with Gasteiger partial charge in [0.05, 0.1) is 21.0 Å². The van der Waals surface area contributed by atoms with Gasteiger partial charge in [0, 0.05) is 10.7 Å². The molecule has 74 valence electrons. The van der Waals surface area contributed by atoms with Crippen LogP contribution in [0.5, 0.6) is 0 Å². The molecule has 0 saturated carbocycles. The van der Waals surface area contributed by atoms with Crippen LogP contribution in [-0.2, 0) is 0 Å². The topological polar surface area (TPSA) is 41.6 Å². The van der Waals surface area contributed by atoms with Gasteiger partial charge in [0.1, 0.15) is 6.07 Å². The van der Waals surface area contributed by atoms with Crippen LogP contribution in [0.3, 0.4) is 0 Å². The Kier molecular flexibility index (Phi) is 3.07. The minimum atomic E-state index is 0.626. The lowest BCUT2D eigenvalue weighted by Gasteiger charge is -2.02. The predicted molar refractivity (Wildman–Crippen MR) is 68.7 cm³/mol. The van der Waals surface area contributed by atoms with Crippen LogP contribution in [0.4, 0.5) is 0 Å². The average molecular weight is 374 g/mol. The Bertz CT molecular complexity index is 542. The zero-order valence-electron chi connectivity index (χ0n) is 7.48. The first-order valence-corrected chi connectivity index (χ1v) is 5.98. The number of rotatable bonds is 1. The SMILES string of the molecule is N#Cc1ccc(-n2cc(I)cn2)cc1Br. The molecule has 15 heavy (non-hydrogen) atoms. The molecule has 2 aromatic rings. The Morgan fingerprint density at radius 2 is 2.27 bits per heavy atom. The first kappa shape index (κ1) is 10.6. The van der Waals surface area contributed by atoms with Crippen LogP contribution < -0.4 is 0 Å². The first-order valence-electron chi connectivity index (χ1n) is 4.11. The van der Waals surface area contributed by atoms with Crippen molar-refractivity contribution in [1.82, 2.24) is 9.78 Å². The van der Waals surface area contributed by atoms with E-state index in [0.717, 1.165) is 13.7 Å². The second kappa shape index (κ2) is 4.33. The number of halogens is 2. The fourth-order valence-electron chi connectivity index (χ4n) is 1.18. The molecule has 0 fully saturated rings. The maximum absolute atomic E-state index is 8.78. The Balaban J connectivity index is 2.48. The Labute approximate surface area is 109 Å². The van der Waals surface area contributed by atoms with Crippen molar-refractivity contribution in [1.29, 1.82) is 5.26 Å². The summed E-state index contributed by atoms with van der Waals surface area (Å²) in [4.78, 5) is 0. The lowest BCUT2D eigenvalue weighted by atomic mass is 10.2. The molecular weight excluding hydrogens is 369 g/mol. The van der Waals surface area contributed by atoms with Gasteiger partial charge in [-0.05, 0) is 56.7 Å². The zero-order valence-corrected chi connectivity index (χ0v) is 11.2. The molecule has 0 N–H and O–H groups in total. The van der Waals surface area contributed by atoms with E-state index in [1.165, 1.54) is 0 Å². The summed E-state index contributed by atoms with van der Waals surface area (Å²) < 4.78 is 3.63. The van der Waals surface area contributed by atoms with Crippen LogP contribution in [0.2, 0.25) is 0 Å². The predicted octanol–water partition coefficient (Wildman–Crippen LogP) is 3.11. The molecule has 2 rings (SSSR count). The maximum atomic E-state index is 8.78. The van der Waals surface area contributed by atoms with Crippen LogP contribution in [0.25, 0.3) is 5.69 Å². The molecule has 0 radical (unpaired) electrons. The molecule has 0 atom stereocenters. The standard InChI is InChI=1S/C10H5BrIN3/c11-10-3-9(2-1-7(10)4-13)15-6-8(12)5-14-15/h1-3,5-6H. The quantitative estimate of drug-likeness (QED) is 0.721. The van der Waals surface area contributed by atoms with Crippen molar-refractivity contribution in [2.24, 2.45) is 0 Å². The molecule has 0 amide bonds. The molecule has 3 nitrogen and oxygen atoms in total. The molecule has 0 saturated heterocycles. The number of benzene rings is 1. The highest BCUT2D eigenvalue weighted by molar-refractivity contribution is 14.1. The summed E-state index contributed by atoms with van der Waals surface area (Å²) in [6.07, 6.45) is 3.71. The van der Waals surface area contributed by atoms with Crippen molar-refractivity contribution < 1.29 is 0 Å². The Hall–Kier alpha value is -0.870. The Morgan fingerprint density at radius 3 is 2.80 bits per heavy atom. The van der Waals surface area contributed by atoms with Gasteiger partial charge in [0.25, 0.3) is 0 Å². The highest BCUT2D eigenvalue weighted by Gasteiger charge is 2.03. The molecule has 1 heterocycles. The third-order valence-electron chi connectivity index (χ3n) is 1.89. The summed E-state index contributed by atoms with van der Waals surface area (Å²) in [7, 11) is 0. The number of hydrogen-bond acceptors (Lipinski definition) is 2. The fraction of sp³-hybridized carbons (Fsp3) is 0. The second-order valence-electron chi connectivity index (χ2n) is 2.88. The van der Waals surface area contributed by atoms with Crippen molar-refractivity contribution in [2.45, 2.75) is 0 Å². The molecule has 0 aliphatic rings. The normalized spacial score (nSPS) is 9.93. The molecule has 0 aliphatic carbocycles. The highest BCUT2D eigenvalue weighted by Crippen LogP contribution is 2.20. The lowest BCUT2D eigenvalue weighted by Crippen LogP contribution is -1.94. The summed E-state index contributed by atoms with van der Waals surface area (Å²) in [5, 5.41) is 13.0. The van der Waals surface area contributed by atoms with Crippen molar-refractivity contribution in [2.75, 3.05) is 0 Å². The number of hydrogen-bond donors (Lipinski definition) is 0. The van der Waals surface area contributed by atoms with Crippen LogP contribution in [0.15, 0.2) is 35.1 Å². The maximum Gasteiger partial charge on any atom is 0.100 e. The molecular formula is C10H5BrIN3. The Morgan fingerprint density at radius 1 is 1.47 bits per heavy atom. The number of nitriles is 1. The van der Waals surface area contributed by atoms with Gasteiger partial charge in [0.15, 0.2) is 0 Å². The van der Waals surface area contributed by atoms with Gasteiger partial charge in [0.2, 0.25) is 0 Å². The van der Waals surface area contributed by atoms with E-state index in [1.807, 2.05) is 18.3 Å². The molecule has 1 aromatic heterocycles.